The van der Waals surface area contributed by atoms with Crippen LogP contribution in [0.2, 0.25) is 0 Å². The lowest BCUT2D eigenvalue weighted by Gasteiger charge is -2.07. The van der Waals surface area contributed by atoms with Crippen LogP contribution in [-0.2, 0) is 19.6 Å². The molecule has 0 saturated carbocycles. The third-order valence-corrected chi connectivity index (χ3v) is 3.83. The van der Waals surface area contributed by atoms with E-state index in [-0.39, 0.29) is 0 Å². The van der Waals surface area contributed by atoms with E-state index in [1.165, 1.54) is 17.8 Å². The van der Waals surface area contributed by atoms with Crippen molar-refractivity contribution in [2.45, 2.75) is 29.6 Å². The first-order chi connectivity index (χ1) is 9.32. The van der Waals surface area contributed by atoms with Gasteiger partial charge in [-0.1, -0.05) is 6.92 Å². The van der Waals surface area contributed by atoms with Crippen molar-refractivity contribution in [2.24, 2.45) is 7.05 Å². The second-order valence-corrected chi connectivity index (χ2v) is 5.14. The molecule has 0 bridgehead atoms. The summed E-state index contributed by atoms with van der Waals surface area (Å²) in [5.41, 5.74) is 6.49. The lowest BCUT2D eigenvalue weighted by molar-refractivity contribution is -0.137. The zero-order valence-corrected chi connectivity index (χ0v) is 11.7. The molecule has 2 aromatic heterocycles. The highest BCUT2D eigenvalue weighted by molar-refractivity contribution is 7.99. The summed E-state index contributed by atoms with van der Waals surface area (Å²) >= 11 is 1.19. The second kappa shape index (κ2) is 5.35. The Kier molecular flexibility index (Phi) is 3.94. The third kappa shape index (κ3) is 2.90. The molecule has 2 aromatic rings. The molecule has 0 aliphatic heterocycles. The highest BCUT2D eigenvalue weighted by Gasteiger charge is 2.30. The second-order valence-electron chi connectivity index (χ2n) is 4.13. The van der Waals surface area contributed by atoms with Crippen molar-refractivity contribution < 1.29 is 13.2 Å². The van der Waals surface area contributed by atoms with Gasteiger partial charge in [0, 0.05) is 13.2 Å². The lowest BCUT2D eigenvalue weighted by atomic mass is 10.3. The van der Waals surface area contributed by atoms with Crippen molar-refractivity contribution in [3.8, 4) is 0 Å². The summed E-state index contributed by atoms with van der Waals surface area (Å²) in [5, 5.41) is 5.36. The zero-order valence-electron chi connectivity index (χ0n) is 10.9. The van der Waals surface area contributed by atoms with Gasteiger partial charge in [-0.15, -0.1) is 0 Å². The minimum atomic E-state index is -4.38. The predicted molar refractivity (Wildman–Crippen MR) is 70.4 cm³/mol. The minimum Gasteiger partial charge on any atom is -0.395 e. The maximum atomic E-state index is 12.4. The van der Waals surface area contributed by atoms with Crippen molar-refractivity contribution in [1.82, 2.24) is 14.8 Å². The number of hydrogen-bond donors (Lipinski definition) is 1. The van der Waals surface area contributed by atoms with Crippen LogP contribution >= 0.6 is 11.8 Å². The van der Waals surface area contributed by atoms with Gasteiger partial charge in [0.05, 0.1) is 16.9 Å². The van der Waals surface area contributed by atoms with Gasteiger partial charge >= 0.3 is 6.18 Å². The fourth-order valence-electron chi connectivity index (χ4n) is 1.67. The molecule has 20 heavy (non-hydrogen) atoms. The molecule has 2 N–H and O–H groups in total. The van der Waals surface area contributed by atoms with E-state index in [1.54, 1.807) is 11.7 Å². The van der Waals surface area contributed by atoms with Gasteiger partial charge in [0.2, 0.25) is 0 Å². The van der Waals surface area contributed by atoms with Gasteiger partial charge in [-0.3, -0.25) is 4.68 Å². The summed E-state index contributed by atoms with van der Waals surface area (Å²) < 4.78 is 38.9. The summed E-state index contributed by atoms with van der Waals surface area (Å²) in [6, 6.07) is 2.33. The maximum Gasteiger partial charge on any atom is 0.417 e. The molecule has 108 valence electrons. The van der Waals surface area contributed by atoms with E-state index in [0.29, 0.717) is 22.2 Å². The molecule has 0 radical (unpaired) electrons. The van der Waals surface area contributed by atoms with E-state index in [4.69, 9.17) is 5.73 Å². The average Bonchev–Trinajstić information content (AvgIpc) is 2.66. The number of hydrogen-bond acceptors (Lipinski definition) is 4. The molecular formula is C12H13F3N4S. The molecule has 0 aliphatic rings. The molecular weight excluding hydrogens is 289 g/mol. The molecule has 4 nitrogen and oxygen atoms in total. The number of aryl methyl sites for hydroxylation is 2. The average molecular weight is 302 g/mol. The number of alkyl halides is 3. The largest absolute Gasteiger partial charge is 0.417 e. The number of nitrogens with zero attached hydrogens (tertiary/aromatic N) is 3. The molecule has 0 aliphatic carbocycles. The first kappa shape index (κ1) is 14.7. The van der Waals surface area contributed by atoms with E-state index in [2.05, 4.69) is 10.1 Å². The minimum absolute atomic E-state index is 0.440. The Morgan fingerprint density at radius 3 is 2.50 bits per heavy atom. The smallest absolute Gasteiger partial charge is 0.395 e. The van der Waals surface area contributed by atoms with Gasteiger partial charge in [-0.25, -0.2) is 4.98 Å². The van der Waals surface area contributed by atoms with Gasteiger partial charge in [0.15, 0.2) is 0 Å². The van der Waals surface area contributed by atoms with Crippen LogP contribution in [-0.4, -0.2) is 14.8 Å². The molecule has 0 saturated heterocycles. The van der Waals surface area contributed by atoms with Crippen molar-refractivity contribution in [2.75, 3.05) is 5.73 Å². The van der Waals surface area contributed by atoms with E-state index in [9.17, 15) is 13.2 Å². The first-order valence-corrected chi connectivity index (χ1v) is 6.67. The van der Waals surface area contributed by atoms with Crippen molar-refractivity contribution >= 4 is 17.4 Å². The van der Waals surface area contributed by atoms with Gasteiger partial charge in [0.1, 0.15) is 10.1 Å². The molecule has 0 amide bonds. The molecule has 2 rings (SSSR count). The fourth-order valence-corrected chi connectivity index (χ4v) is 2.51. The summed E-state index contributed by atoms with van der Waals surface area (Å²) in [6.07, 6.45) is -2.87. The SMILES string of the molecule is CCc1nn(C)c(Sc2ccc(C(F)(F)F)cn2)c1N. The summed E-state index contributed by atoms with van der Waals surface area (Å²) in [5.74, 6) is 0. The molecule has 0 fully saturated rings. The topological polar surface area (TPSA) is 56.7 Å². The van der Waals surface area contributed by atoms with Gasteiger partial charge in [-0.2, -0.15) is 18.3 Å². The third-order valence-electron chi connectivity index (χ3n) is 2.71. The van der Waals surface area contributed by atoms with Crippen LogP contribution in [0.25, 0.3) is 0 Å². The number of rotatable bonds is 3. The van der Waals surface area contributed by atoms with E-state index in [1.807, 2.05) is 6.92 Å². The Labute approximate surface area is 118 Å². The summed E-state index contributed by atoms with van der Waals surface area (Å²) in [4.78, 5) is 3.80. The van der Waals surface area contributed by atoms with Crippen molar-refractivity contribution in [3.05, 3.63) is 29.6 Å². The number of nitrogen functional groups attached to an aromatic ring is 1. The molecule has 0 spiro atoms. The Morgan fingerprint density at radius 1 is 1.35 bits per heavy atom. The van der Waals surface area contributed by atoms with Crippen LogP contribution in [0.1, 0.15) is 18.2 Å². The zero-order chi connectivity index (χ0) is 14.9. The van der Waals surface area contributed by atoms with E-state index < -0.39 is 11.7 Å². The standard InChI is InChI=1S/C12H13F3N4S/c1-3-8-10(16)11(19(2)18-8)20-9-5-4-7(6-17-9)12(13,14)15/h4-6H,3,16H2,1-2H3. The Balaban J connectivity index is 2.25. The van der Waals surface area contributed by atoms with Gasteiger partial charge in [-0.05, 0) is 30.3 Å². The fraction of sp³-hybridized carbons (Fsp3) is 0.333. The van der Waals surface area contributed by atoms with Crippen LogP contribution < -0.4 is 5.73 Å². The quantitative estimate of drug-likeness (QED) is 0.946. The normalized spacial score (nSPS) is 11.8. The summed E-state index contributed by atoms with van der Waals surface area (Å²) in [6.45, 7) is 1.93. The maximum absolute atomic E-state index is 12.4. The van der Waals surface area contributed by atoms with Crippen molar-refractivity contribution in [1.29, 1.82) is 0 Å². The molecule has 8 heteroatoms. The highest BCUT2D eigenvalue weighted by Crippen LogP contribution is 2.34. The number of nitrogens with two attached hydrogens (primary N) is 1. The number of pyridine rings is 1. The Morgan fingerprint density at radius 2 is 2.05 bits per heavy atom. The lowest BCUT2D eigenvalue weighted by Crippen LogP contribution is -2.05. The number of anilines is 1. The van der Waals surface area contributed by atoms with Crippen molar-refractivity contribution in [3.63, 3.8) is 0 Å². The van der Waals surface area contributed by atoms with Crippen LogP contribution in [0.15, 0.2) is 28.4 Å². The molecule has 0 atom stereocenters. The molecule has 0 aromatic carbocycles. The van der Waals surface area contributed by atoms with E-state index in [0.717, 1.165) is 18.0 Å². The van der Waals surface area contributed by atoms with Crippen LogP contribution in [0.3, 0.4) is 0 Å². The monoisotopic (exact) mass is 302 g/mol. The first-order valence-electron chi connectivity index (χ1n) is 5.85. The predicted octanol–water partition coefficient (Wildman–Crippen LogP) is 3.13. The number of aromatic nitrogens is 3. The van der Waals surface area contributed by atoms with Gasteiger partial charge < -0.3 is 5.73 Å². The van der Waals surface area contributed by atoms with Gasteiger partial charge in [0.25, 0.3) is 0 Å². The van der Waals surface area contributed by atoms with Crippen LogP contribution in [0.5, 0.6) is 0 Å². The Bertz CT molecular complexity index is 604. The van der Waals surface area contributed by atoms with E-state index >= 15 is 0 Å². The van der Waals surface area contributed by atoms with Crippen LogP contribution in [0.4, 0.5) is 18.9 Å². The Hall–Kier alpha value is -1.70. The summed E-state index contributed by atoms with van der Waals surface area (Å²) in [7, 11) is 1.74. The highest BCUT2D eigenvalue weighted by atomic mass is 32.2. The molecule has 0 unspecified atom stereocenters. The van der Waals surface area contributed by atoms with Crippen LogP contribution in [0, 0.1) is 0 Å². The molecule has 2 heterocycles. The number of halogens is 3.